The fraction of sp³-hybridized carbons (Fsp3) is 0. The number of aromatic carboxylic acids is 1. The maximum absolute atomic E-state index is 10.7. The van der Waals surface area contributed by atoms with E-state index >= 15 is 0 Å². The number of halogens is 1. The summed E-state index contributed by atoms with van der Waals surface area (Å²) in [6, 6.07) is 1.30. The first-order valence-electron chi connectivity index (χ1n) is 3.87. The van der Waals surface area contributed by atoms with Crippen LogP contribution in [0.3, 0.4) is 0 Å². The molecule has 1 heterocycles. The Labute approximate surface area is 90.2 Å². The van der Waals surface area contributed by atoms with Crippen LogP contribution in [0.15, 0.2) is 18.3 Å². The Kier molecular flexibility index (Phi) is 3.41. The summed E-state index contributed by atoms with van der Waals surface area (Å²) in [6.45, 7) is 0. The average molecular weight is 227 g/mol. The van der Waals surface area contributed by atoms with Crippen LogP contribution in [0.5, 0.6) is 0 Å². The quantitative estimate of drug-likeness (QED) is 0.592. The minimum absolute atomic E-state index is 0.0984. The monoisotopic (exact) mass is 226 g/mol. The minimum atomic E-state index is -1.18. The lowest BCUT2D eigenvalue weighted by Gasteiger charge is -1.98. The summed E-state index contributed by atoms with van der Waals surface area (Å²) in [5, 5.41) is 8.63. The third-order valence-corrected chi connectivity index (χ3v) is 1.83. The number of carbonyl (C=O) groups excluding carboxylic acids is 1. The largest absolute Gasteiger partial charge is 0.478 e. The van der Waals surface area contributed by atoms with Gasteiger partial charge in [-0.25, -0.2) is 9.78 Å². The smallest absolute Gasteiger partial charge is 0.338 e. The molecule has 0 spiro atoms. The molecule has 0 aliphatic heterocycles. The lowest BCUT2D eigenvalue weighted by molar-refractivity contribution is -0.113. The number of rotatable bonds is 3. The summed E-state index contributed by atoms with van der Waals surface area (Å²) >= 11 is 5.55. The molecule has 0 aliphatic carbocycles. The second-order valence-corrected chi connectivity index (χ2v) is 3.01. The van der Waals surface area contributed by atoms with E-state index in [1.165, 1.54) is 18.3 Å². The Balaban J connectivity index is 3.08. The van der Waals surface area contributed by atoms with Gasteiger partial charge in [-0.15, -0.1) is 0 Å². The van der Waals surface area contributed by atoms with E-state index in [2.05, 4.69) is 4.98 Å². The van der Waals surface area contributed by atoms with Crippen LogP contribution >= 0.6 is 11.6 Å². The van der Waals surface area contributed by atoms with Crippen LogP contribution in [0.1, 0.15) is 15.9 Å². The SMILES string of the molecule is NC(=O)C=Cc1cnc(Cl)c(C(=O)O)c1. The standard InChI is InChI=1S/C9H7ClN2O3/c10-8-6(9(14)15)3-5(4-12-8)1-2-7(11)13/h1-4H,(H2,11,13)(H,14,15). The van der Waals surface area contributed by atoms with E-state index < -0.39 is 11.9 Å². The van der Waals surface area contributed by atoms with Crippen LogP contribution < -0.4 is 5.73 Å². The maximum atomic E-state index is 10.7. The lowest BCUT2D eigenvalue weighted by Crippen LogP contribution is -2.05. The molecule has 0 saturated heterocycles. The van der Waals surface area contributed by atoms with E-state index in [0.29, 0.717) is 5.56 Å². The van der Waals surface area contributed by atoms with Crippen LogP contribution in [0.4, 0.5) is 0 Å². The van der Waals surface area contributed by atoms with Gasteiger partial charge in [0.25, 0.3) is 0 Å². The molecule has 5 nitrogen and oxygen atoms in total. The van der Waals surface area contributed by atoms with Gasteiger partial charge in [-0.3, -0.25) is 4.79 Å². The molecule has 0 atom stereocenters. The predicted octanol–water partition coefficient (Wildman–Crippen LogP) is 0.932. The molecule has 15 heavy (non-hydrogen) atoms. The number of hydrogen-bond donors (Lipinski definition) is 2. The van der Waals surface area contributed by atoms with Gasteiger partial charge in [0.2, 0.25) is 5.91 Å². The summed E-state index contributed by atoms with van der Waals surface area (Å²) in [4.78, 5) is 24.8. The Morgan fingerprint density at radius 3 is 2.73 bits per heavy atom. The molecule has 3 N–H and O–H groups in total. The predicted molar refractivity (Wildman–Crippen MR) is 54.4 cm³/mol. The fourth-order valence-corrected chi connectivity index (χ4v) is 1.07. The molecule has 6 heteroatoms. The van der Waals surface area contributed by atoms with Gasteiger partial charge < -0.3 is 10.8 Å². The third kappa shape index (κ3) is 3.07. The van der Waals surface area contributed by atoms with E-state index in [0.717, 1.165) is 6.08 Å². The average Bonchev–Trinajstić information content (AvgIpc) is 2.16. The van der Waals surface area contributed by atoms with Gasteiger partial charge in [-0.2, -0.15) is 0 Å². The molecule has 0 aliphatic rings. The Morgan fingerprint density at radius 1 is 1.53 bits per heavy atom. The second kappa shape index (κ2) is 4.56. The number of carbonyl (C=O) groups is 2. The van der Waals surface area contributed by atoms with Gasteiger partial charge in [0.05, 0.1) is 5.56 Å². The highest BCUT2D eigenvalue weighted by Crippen LogP contribution is 2.14. The number of aromatic nitrogens is 1. The topological polar surface area (TPSA) is 93.3 Å². The molecule has 0 saturated carbocycles. The van der Waals surface area contributed by atoms with Crippen molar-refractivity contribution in [1.29, 1.82) is 0 Å². The molecular formula is C9H7ClN2O3. The number of carboxylic acids is 1. The van der Waals surface area contributed by atoms with Crippen molar-refractivity contribution >= 4 is 29.6 Å². The van der Waals surface area contributed by atoms with Crippen molar-refractivity contribution in [2.75, 3.05) is 0 Å². The number of carboxylic acid groups (broad SMARTS) is 1. The summed E-state index contributed by atoms with van der Waals surface area (Å²) in [6.07, 6.45) is 3.81. The molecule has 0 unspecified atom stereocenters. The molecule has 1 rings (SSSR count). The Morgan fingerprint density at radius 2 is 2.20 bits per heavy atom. The fourth-order valence-electron chi connectivity index (χ4n) is 0.884. The van der Waals surface area contributed by atoms with Crippen LogP contribution in [0, 0.1) is 0 Å². The normalized spacial score (nSPS) is 10.5. The van der Waals surface area contributed by atoms with Crippen molar-refractivity contribution in [2.45, 2.75) is 0 Å². The second-order valence-electron chi connectivity index (χ2n) is 2.65. The Bertz CT molecular complexity index is 443. The first-order valence-corrected chi connectivity index (χ1v) is 4.25. The van der Waals surface area contributed by atoms with Gasteiger partial charge in [-0.1, -0.05) is 11.6 Å². The molecule has 78 valence electrons. The summed E-state index contributed by atoms with van der Waals surface area (Å²) in [7, 11) is 0. The first kappa shape index (κ1) is 11.2. The molecule has 0 aromatic carbocycles. The van der Waals surface area contributed by atoms with E-state index in [4.69, 9.17) is 22.4 Å². The van der Waals surface area contributed by atoms with Crippen LogP contribution in [-0.2, 0) is 4.79 Å². The molecular weight excluding hydrogens is 220 g/mol. The van der Waals surface area contributed by atoms with Crippen molar-refractivity contribution in [1.82, 2.24) is 4.98 Å². The van der Waals surface area contributed by atoms with E-state index in [1.807, 2.05) is 0 Å². The van der Waals surface area contributed by atoms with Crippen LogP contribution in [0.25, 0.3) is 6.08 Å². The van der Waals surface area contributed by atoms with Crippen LogP contribution in [0.2, 0.25) is 5.15 Å². The van der Waals surface area contributed by atoms with Gasteiger partial charge in [0, 0.05) is 12.3 Å². The van der Waals surface area contributed by atoms with Crippen molar-refractivity contribution in [3.63, 3.8) is 0 Å². The summed E-state index contributed by atoms with van der Waals surface area (Å²) < 4.78 is 0. The zero-order valence-corrected chi connectivity index (χ0v) is 8.23. The summed E-state index contributed by atoms with van der Waals surface area (Å²) in [5.74, 6) is -1.80. The number of primary amides is 1. The van der Waals surface area contributed by atoms with Gasteiger partial charge in [-0.05, 0) is 17.7 Å². The number of nitrogens with zero attached hydrogens (tertiary/aromatic N) is 1. The number of amides is 1. The van der Waals surface area contributed by atoms with Crippen molar-refractivity contribution < 1.29 is 14.7 Å². The Hall–Kier alpha value is -1.88. The third-order valence-electron chi connectivity index (χ3n) is 1.53. The highest BCUT2D eigenvalue weighted by molar-refractivity contribution is 6.32. The lowest BCUT2D eigenvalue weighted by atomic mass is 10.2. The molecule has 0 fully saturated rings. The van der Waals surface area contributed by atoms with E-state index in [9.17, 15) is 9.59 Å². The van der Waals surface area contributed by atoms with Gasteiger partial charge >= 0.3 is 5.97 Å². The molecule has 0 bridgehead atoms. The van der Waals surface area contributed by atoms with Gasteiger partial charge in [0.1, 0.15) is 5.15 Å². The zero-order valence-electron chi connectivity index (χ0n) is 7.48. The minimum Gasteiger partial charge on any atom is -0.478 e. The van der Waals surface area contributed by atoms with Gasteiger partial charge in [0.15, 0.2) is 0 Å². The highest BCUT2D eigenvalue weighted by Gasteiger charge is 2.09. The van der Waals surface area contributed by atoms with E-state index in [1.54, 1.807) is 0 Å². The molecule has 1 aromatic rings. The van der Waals surface area contributed by atoms with Crippen molar-refractivity contribution in [3.8, 4) is 0 Å². The number of nitrogens with two attached hydrogens (primary N) is 1. The number of hydrogen-bond acceptors (Lipinski definition) is 3. The number of pyridine rings is 1. The van der Waals surface area contributed by atoms with E-state index in [-0.39, 0.29) is 10.7 Å². The maximum Gasteiger partial charge on any atom is 0.338 e. The van der Waals surface area contributed by atoms with Crippen molar-refractivity contribution in [3.05, 3.63) is 34.6 Å². The molecule has 1 aromatic heterocycles. The first-order chi connectivity index (χ1) is 7.00. The van der Waals surface area contributed by atoms with Crippen LogP contribution in [-0.4, -0.2) is 22.0 Å². The molecule has 0 radical (unpaired) electrons. The zero-order chi connectivity index (χ0) is 11.4. The highest BCUT2D eigenvalue weighted by atomic mass is 35.5. The molecule has 1 amide bonds. The summed E-state index contributed by atoms with van der Waals surface area (Å²) in [5.41, 5.74) is 5.20. The van der Waals surface area contributed by atoms with Crippen molar-refractivity contribution in [2.24, 2.45) is 5.73 Å².